The van der Waals surface area contributed by atoms with Crippen LogP contribution in [0.3, 0.4) is 0 Å². The SMILES string of the molecule is Cc1cc(NC(=O)c2ccccc2Br)nn1Cc1ccc(Cl)c(Cl)c1. The zero-order valence-corrected chi connectivity index (χ0v) is 16.4. The number of hydrogen-bond acceptors (Lipinski definition) is 2. The Bertz CT molecular complexity index is 940. The van der Waals surface area contributed by atoms with Gasteiger partial charge in [0.1, 0.15) is 0 Å². The number of benzene rings is 2. The number of nitrogens with zero attached hydrogens (tertiary/aromatic N) is 2. The first-order valence-corrected chi connectivity index (χ1v) is 9.03. The molecule has 0 unspecified atom stereocenters. The molecule has 128 valence electrons. The van der Waals surface area contributed by atoms with Gasteiger partial charge in [-0.05, 0) is 52.7 Å². The lowest BCUT2D eigenvalue weighted by Crippen LogP contribution is -2.13. The summed E-state index contributed by atoms with van der Waals surface area (Å²) in [6.45, 7) is 2.46. The highest BCUT2D eigenvalue weighted by molar-refractivity contribution is 9.10. The molecular formula is C18H14BrCl2N3O. The third kappa shape index (κ3) is 4.24. The van der Waals surface area contributed by atoms with Crippen LogP contribution in [0.4, 0.5) is 5.82 Å². The standard InChI is InChI=1S/C18H14BrCl2N3O/c1-11-8-17(22-18(25)13-4-2-3-5-14(13)19)23-24(11)10-12-6-7-15(20)16(21)9-12/h2-9H,10H2,1H3,(H,22,23,25). The molecule has 0 aliphatic carbocycles. The molecule has 0 aliphatic heterocycles. The predicted molar refractivity (Wildman–Crippen MR) is 105 cm³/mol. The van der Waals surface area contributed by atoms with Gasteiger partial charge in [0.05, 0.1) is 22.2 Å². The van der Waals surface area contributed by atoms with Crippen molar-refractivity contribution < 1.29 is 4.79 Å². The Balaban J connectivity index is 1.77. The van der Waals surface area contributed by atoms with Crippen LogP contribution in [0.15, 0.2) is 53.0 Å². The van der Waals surface area contributed by atoms with Gasteiger partial charge in [-0.1, -0.05) is 41.4 Å². The van der Waals surface area contributed by atoms with Crippen LogP contribution in [0.25, 0.3) is 0 Å². The van der Waals surface area contributed by atoms with E-state index >= 15 is 0 Å². The van der Waals surface area contributed by atoms with Crippen LogP contribution < -0.4 is 5.32 Å². The van der Waals surface area contributed by atoms with E-state index in [9.17, 15) is 4.79 Å². The fourth-order valence-corrected chi connectivity index (χ4v) is 3.16. The Kier molecular flexibility index (Phi) is 5.47. The van der Waals surface area contributed by atoms with Gasteiger partial charge in [0, 0.05) is 16.2 Å². The maximum atomic E-state index is 12.4. The molecule has 0 radical (unpaired) electrons. The van der Waals surface area contributed by atoms with Crippen LogP contribution in [-0.4, -0.2) is 15.7 Å². The van der Waals surface area contributed by atoms with E-state index in [1.54, 1.807) is 16.8 Å². The molecule has 2 aromatic carbocycles. The topological polar surface area (TPSA) is 46.9 Å². The Morgan fingerprint density at radius 3 is 2.64 bits per heavy atom. The zero-order chi connectivity index (χ0) is 18.0. The fraction of sp³-hybridized carbons (Fsp3) is 0.111. The molecule has 7 heteroatoms. The third-order valence-corrected chi connectivity index (χ3v) is 5.09. The summed E-state index contributed by atoms with van der Waals surface area (Å²) >= 11 is 15.4. The van der Waals surface area contributed by atoms with Gasteiger partial charge in [0.2, 0.25) is 0 Å². The number of aryl methyl sites for hydroxylation is 1. The third-order valence-electron chi connectivity index (χ3n) is 3.66. The normalized spacial score (nSPS) is 10.7. The average Bonchev–Trinajstić information content (AvgIpc) is 2.90. The van der Waals surface area contributed by atoms with Crippen LogP contribution >= 0.6 is 39.1 Å². The molecule has 1 N–H and O–H groups in total. The van der Waals surface area contributed by atoms with Crippen LogP contribution in [0, 0.1) is 6.92 Å². The van der Waals surface area contributed by atoms with Crippen LogP contribution in [0.5, 0.6) is 0 Å². The molecule has 25 heavy (non-hydrogen) atoms. The largest absolute Gasteiger partial charge is 0.305 e. The second kappa shape index (κ2) is 7.60. The Morgan fingerprint density at radius 2 is 1.92 bits per heavy atom. The predicted octanol–water partition coefficient (Wildman–Crippen LogP) is 5.56. The first-order chi connectivity index (χ1) is 11.9. The molecule has 1 aromatic heterocycles. The lowest BCUT2D eigenvalue weighted by atomic mass is 10.2. The number of amides is 1. The lowest BCUT2D eigenvalue weighted by Gasteiger charge is -2.06. The van der Waals surface area contributed by atoms with E-state index in [2.05, 4.69) is 26.3 Å². The summed E-state index contributed by atoms with van der Waals surface area (Å²) < 4.78 is 2.54. The summed E-state index contributed by atoms with van der Waals surface area (Å²) in [5, 5.41) is 8.29. The smallest absolute Gasteiger partial charge is 0.258 e. The van der Waals surface area contributed by atoms with Crippen molar-refractivity contribution in [2.45, 2.75) is 13.5 Å². The first kappa shape index (κ1) is 18.0. The number of aromatic nitrogens is 2. The van der Waals surface area contributed by atoms with Crippen molar-refractivity contribution in [2.24, 2.45) is 0 Å². The summed E-state index contributed by atoms with van der Waals surface area (Å²) in [4.78, 5) is 12.4. The number of hydrogen-bond donors (Lipinski definition) is 1. The van der Waals surface area contributed by atoms with E-state index in [-0.39, 0.29) is 5.91 Å². The van der Waals surface area contributed by atoms with Crippen molar-refractivity contribution >= 4 is 50.9 Å². The van der Waals surface area contributed by atoms with Gasteiger partial charge < -0.3 is 5.32 Å². The maximum Gasteiger partial charge on any atom is 0.258 e. The number of carbonyl (C=O) groups excluding carboxylic acids is 1. The number of nitrogens with one attached hydrogen (secondary N) is 1. The van der Waals surface area contributed by atoms with Crippen LogP contribution in [0.2, 0.25) is 10.0 Å². The molecule has 0 saturated heterocycles. The fourth-order valence-electron chi connectivity index (χ4n) is 2.37. The number of anilines is 1. The Hall–Kier alpha value is -1.82. The minimum atomic E-state index is -0.216. The van der Waals surface area contributed by atoms with E-state index in [1.165, 1.54) is 0 Å². The molecular weight excluding hydrogens is 425 g/mol. The first-order valence-electron chi connectivity index (χ1n) is 7.48. The highest BCUT2D eigenvalue weighted by Gasteiger charge is 2.12. The Labute approximate surface area is 163 Å². The molecule has 0 atom stereocenters. The van der Waals surface area contributed by atoms with Gasteiger partial charge in [0.25, 0.3) is 5.91 Å². The van der Waals surface area contributed by atoms with Crippen molar-refractivity contribution in [3.05, 3.63) is 79.9 Å². The number of rotatable bonds is 4. The highest BCUT2D eigenvalue weighted by atomic mass is 79.9. The molecule has 0 spiro atoms. The van der Waals surface area contributed by atoms with Crippen molar-refractivity contribution in [2.75, 3.05) is 5.32 Å². The summed E-state index contributed by atoms with van der Waals surface area (Å²) in [6.07, 6.45) is 0. The number of halogens is 3. The van der Waals surface area contributed by atoms with E-state index in [1.807, 2.05) is 43.3 Å². The van der Waals surface area contributed by atoms with E-state index in [0.717, 1.165) is 15.7 Å². The quantitative estimate of drug-likeness (QED) is 0.579. The van der Waals surface area contributed by atoms with Gasteiger partial charge >= 0.3 is 0 Å². The second-order valence-electron chi connectivity index (χ2n) is 5.51. The van der Waals surface area contributed by atoms with Crippen molar-refractivity contribution in [3.8, 4) is 0 Å². The van der Waals surface area contributed by atoms with Gasteiger partial charge in [-0.15, -0.1) is 0 Å². The minimum Gasteiger partial charge on any atom is -0.305 e. The average molecular weight is 439 g/mol. The molecule has 4 nitrogen and oxygen atoms in total. The van der Waals surface area contributed by atoms with Crippen molar-refractivity contribution in [1.82, 2.24) is 9.78 Å². The molecule has 1 amide bonds. The summed E-state index contributed by atoms with van der Waals surface area (Å²) in [7, 11) is 0. The summed E-state index contributed by atoms with van der Waals surface area (Å²) in [6, 6.07) is 14.5. The molecule has 0 fully saturated rings. The molecule has 0 saturated carbocycles. The molecule has 0 aliphatic rings. The minimum absolute atomic E-state index is 0.216. The monoisotopic (exact) mass is 437 g/mol. The zero-order valence-electron chi connectivity index (χ0n) is 13.3. The van der Waals surface area contributed by atoms with Gasteiger partial charge in [-0.2, -0.15) is 5.10 Å². The summed E-state index contributed by atoms with van der Waals surface area (Å²) in [5.41, 5.74) is 2.46. The highest BCUT2D eigenvalue weighted by Crippen LogP contribution is 2.23. The van der Waals surface area contributed by atoms with Gasteiger partial charge in [-0.3, -0.25) is 9.48 Å². The van der Waals surface area contributed by atoms with Crippen molar-refractivity contribution in [1.29, 1.82) is 0 Å². The van der Waals surface area contributed by atoms with Crippen LogP contribution in [0.1, 0.15) is 21.6 Å². The number of carbonyl (C=O) groups is 1. The van der Waals surface area contributed by atoms with E-state index in [0.29, 0.717) is 28.0 Å². The van der Waals surface area contributed by atoms with Gasteiger partial charge in [0.15, 0.2) is 5.82 Å². The molecule has 1 heterocycles. The molecule has 3 aromatic rings. The van der Waals surface area contributed by atoms with Crippen LogP contribution in [-0.2, 0) is 6.54 Å². The van der Waals surface area contributed by atoms with E-state index in [4.69, 9.17) is 23.2 Å². The lowest BCUT2D eigenvalue weighted by molar-refractivity contribution is 0.102. The van der Waals surface area contributed by atoms with Gasteiger partial charge in [-0.25, -0.2) is 0 Å². The van der Waals surface area contributed by atoms with Crippen molar-refractivity contribution in [3.63, 3.8) is 0 Å². The second-order valence-corrected chi connectivity index (χ2v) is 7.18. The maximum absolute atomic E-state index is 12.4. The Morgan fingerprint density at radius 1 is 1.16 bits per heavy atom. The summed E-state index contributed by atoms with van der Waals surface area (Å²) in [5.74, 6) is 0.282. The molecule has 0 bridgehead atoms. The molecule has 3 rings (SSSR count). The van der Waals surface area contributed by atoms with E-state index < -0.39 is 0 Å².